The molecule has 1 heterocycles. The molecular formula is C13H15N3OS. The molecule has 2 N–H and O–H groups in total. The van der Waals surface area contributed by atoms with Crippen molar-refractivity contribution in [1.82, 2.24) is 10.3 Å². The number of carbonyl (C=O) groups excluding carboxylic acids is 1. The monoisotopic (exact) mass is 261 g/mol. The van der Waals surface area contributed by atoms with E-state index in [0.29, 0.717) is 0 Å². The molecule has 94 valence electrons. The van der Waals surface area contributed by atoms with Crippen molar-refractivity contribution in [1.29, 1.82) is 0 Å². The van der Waals surface area contributed by atoms with Gasteiger partial charge in [-0.15, -0.1) is 11.3 Å². The third-order valence-electron chi connectivity index (χ3n) is 2.51. The molecule has 1 amide bonds. The molecule has 0 fully saturated rings. The Morgan fingerprint density at radius 3 is 2.83 bits per heavy atom. The summed E-state index contributed by atoms with van der Waals surface area (Å²) in [5.74, 6) is -0.0402. The van der Waals surface area contributed by atoms with Crippen LogP contribution < -0.4 is 10.6 Å². The topological polar surface area (TPSA) is 54.0 Å². The molecule has 4 nitrogen and oxygen atoms in total. The number of hydrogen-bond donors (Lipinski definition) is 2. The number of hydrogen-bond acceptors (Lipinski definition) is 4. The van der Waals surface area contributed by atoms with E-state index < -0.39 is 0 Å². The van der Waals surface area contributed by atoms with Gasteiger partial charge in [-0.25, -0.2) is 4.98 Å². The standard InChI is InChI=1S/C13H15N3OS/c1-10(11-5-3-2-4-6-11)16-12(17)9-15-13-14-7-8-18-13/h2-8,10H,9H2,1H3,(H,14,15)(H,16,17). The molecule has 0 bridgehead atoms. The van der Waals surface area contributed by atoms with Crippen molar-refractivity contribution in [3.8, 4) is 0 Å². The van der Waals surface area contributed by atoms with Crippen molar-refractivity contribution < 1.29 is 4.79 Å². The number of benzene rings is 1. The van der Waals surface area contributed by atoms with Gasteiger partial charge in [0, 0.05) is 11.6 Å². The summed E-state index contributed by atoms with van der Waals surface area (Å²) in [5, 5.41) is 8.54. The largest absolute Gasteiger partial charge is 0.352 e. The second kappa shape index (κ2) is 6.16. The molecule has 0 aliphatic heterocycles. The van der Waals surface area contributed by atoms with E-state index in [4.69, 9.17) is 0 Å². The molecule has 1 aromatic heterocycles. The Morgan fingerprint density at radius 1 is 1.39 bits per heavy atom. The van der Waals surface area contributed by atoms with Gasteiger partial charge in [-0.05, 0) is 12.5 Å². The molecule has 0 aliphatic carbocycles. The minimum Gasteiger partial charge on any atom is -0.352 e. The Bertz CT molecular complexity index is 484. The SMILES string of the molecule is CC(NC(=O)CNc1nccs1)c1ccccc1. The molecule has 0 spiro atoms. The summed E-state index contributed by atoms with van der Waals surface area (Å²) >= 11 is 1.48. The van der Waals surface area contributed by atoms with Gasteiger partial charge in [0.05, 0.1) is 12.6 Å². The molecule has 1 aromatic carbocycles. The third kappa shape index (κ3) is 3.56. The fourth-order valence-corrected chi connectivity index (χ4v) is 2.11. The number of anilines is 1. The first kappa shape index (κ1) is 12.6. The van der Waals surface area contributed by atoms with Gasteiger partial charge in [-0.1, -0.05) is 30.3 Å². The fourth-order valence-electron chi connectivity index (χ4n) is 1.58. The number of rotatable bonds is 5. The average Bonchev–Trinajstić information content (AvgIpc) is 2.90. The zero-order valence-electron chi connectivity index (χ0n) is 10.1. The Labute approximate surface area is 110 Å². The molecule has 0 saturated carbocycles. The molecule has 2 aromatic rings. The van der Waals surface area contributed by atoms with E-state index in [1.165, 1.54) is 11.3 Å². The molecule has 0 aliphatic rings. The maximum Gasteiger partial charge on any atom is 0.239 e. The summed E-state index contributed by atoms with van der Waals surface area (Å²) < 4.78 is 0. The third-order valence-corrected chi connectivity index (χ3v) is 3.24. The second-order valence-corrected chi connectivity index (χ2v) is 4.79. The van der Waals surface area contributed by atoms with Crippen LogP contribution in [-0.4, -0.2) is 17.4 Å². The summed E-state index contributed by atoms with van der Waals surface area (Å²) in [6.07, 6.45) is 1.71. The first-order chi connectivity index (χ1) is 8.75. The molecule has 1 atom stereocenters. The van der Waals surface area contributed by atoms with Gasteiger partial charge in [0.15, 0.2) is 5.13 Å². The highest BCUT2D eigenvalue weighted by atomic mass is 32.1. The lowest BCUT2D eigenvalue weighted by Crippen LogP contribution is -2.32. The van der Waals surface area contributed by atoms with Gasteiger partial charge in [0.2, 0.25) is 5.91 Å². The molecule has 18 heavy (non-hydrogen) atoms. The van der Waals surface area contributed by atoms with Crippen LogP contribution in [0.2, 0.25) is 0 Å². The number of aromatic nitrogens is 1. The van der Waals surface area contributed by atoms with Crippen LogP contribution in [0, 0.1) is 0 Å². The molecular weight excluding hydrogens is 246 g/mol. The van der Waals surface area contributed by atoms with Crippen LogP contribution in [0.3, 0.4) is 0 Å². The van der Waals surface area contributed by atoms with Gasteiger partial charge < -0.3 is 10.6 Å². The van der Waals surface area contributed by atoms with E-state index in [1.54, 1.807) is 6.20 Å². The number of thiazole rings is 1. The van der Waals surface area contributed by atoms with E-state index in [-0.39, 0.29) is 18.5 Å². The normalized spacial score (nSPS) is 11.8. The number of nitrogens with one attached hydrogen (secondary N) is 2. The summed E-state index contributed by atoms with van der Waals surface area (Å²) in [6.45, 7) is 2.21. The van der Waals surface area contributed by atoms with Gasteiger partial charge in [-0.3, -0.25) is 4.79 Å². The van der Waals surface area contributed by atoms with Gasteiger partial charge >= 0.3 is 0 Å². The van der Waals surface area contributed by atoms with E-state index in [1.807, 2.05) is 42.6 Å². The predicted octanol–water partition coefficient (Wildman–Crippen LogP) is 2.43. The molecule has 0 saturated heterocycles. The highest BCUT2D eigenvalue weighted by Gasteiger charge is 2.08. The first-order valence-electron chi connectivity index (χ1n) is 5.73. The highest BCUT2D eigenvalue weighted by molar-refractivity contribution is 7.13. The zero-order valence-corrected chi connectivity index (χ0v) is 10.9. The van der Waals surface area contributed by atoms with Crippen molar-refractivity contribution in [3.05, 3.63) is 47.5 Å². The van der Waals surface area contributed by atoms with Crippen LogP contribution in [0.4, 0.5) is 5.13 Å². The van der Waals surface area contributed by atoms with E-state index in [2.05, 4.69) is 15.6 Å². The van der Waals surface area contributed by atoms with E-state index in [0.717, 1.165) is 10.7 Å². The average molecular weight is 261 g/mol. The Hall–Kier alpha value is -1.88. The molecule has 1 unspecified atom stereocenters. The van der Waals surface area contributed by atoms with Crippen LogP contribution in [0.5, 0.6) is 0 Å². The minimum absolute atomic E-state index is 0.0109. The van der Waals surface area contributed by atoms with E-state index in [9.17, 15) is 4.79 Å². The molecule has 2 rings (SSSR count). The number of amides is 1. The minimum atomic E-state index is -0.0402. The fraction of sp³-hybridized carbons (Fsp3) is 0.231. The lowest BCUT2D eigenvalue weighted by atomic mass is 10.1. The van der Waals surface area contributed by atoms with Gasteiger partial charge in [0.25, 0.3) is 0 Å². The van der Waals surface area contributed by atoms with Gasteiger partial charge in [0.1, 0.15) is 0 Å². The second-order valence-electron chi connectivity index (χ2n) is 3.89. The summed E-state index contributed by atoms with van der Waals surface area (Å²) in [7, 11) is 0. The number of carbonyl (C=O) groups is 1. The van der Waals surface area contributed by atoms with Crippen molar-refractivity contribution in [2.24, 2.45) is 0 Å². The van der Waals surface area contributed by atoms with Crippen molar-refractivity contribution in [2.45, 2.75) is 13.0 Å². The smallest absolute Gasteiger partial charge is 0.239 e. The lowest BCUT2D eigenvalue weighted by molar-refractivity contribution is -0.120. The van der Waals surface area contributed by atoms with Crippen LogP contribution in [0.25, 0.3) is 0 Å². The quantitative estimate of drug-likeness (QED) is 0.869. The van der Waals surface area contributed by atoms with Gasteiger partial charge in [-0.2, -0.15) is 0 Å². The van der Waals surface area contributed by atoms with Crippen LogP contribution in [0.15, 0.2) is 41.9 Å². The van der Waals surface area contributed by atoms with Crippen molar-refractivity contribution >= 4 is 22.4 Å². The van der Waals surface area contributed by atoms with E-state index >= 15 is 0 Å². The van der Waals surface area contributed by atoms with Crippen LogP contribution >= 0.6 is 11.3 Å². The maximum absolute atomic E-state index is 11.7. The Balaban J connectivity index is 1.80. The molecule has 5 heteroatoms. The zero-order chi connectivity index (χ0) is 12.8. The van der Waals surface area contributed by atoms with Crippen LogP contribution in [0.1, 0.15) is 18.5 Å². The summed E-state index contributed by atoms with van der Waals surface area (Å²) in [5.41, 5.74) is 1.10. The molecule has 0 radical (unpaired) electrons. The predicted molar refractivity (Wildman–Crippen MR) is 73.6 cm³/mol. The van der Waals surface area contributed by atoms with Crippen molar-refractivity contribution in [3.63, 3.8) is 0 Å². The van der Waals surface area contributed by atoms with Crippen LogP contribution in [-0.2, 0) is 4.79 Å². The van der Waals surface area contributed by atoms with Crippen molar-refractivity contribution in [2.75, 3.05) is 11.9 Å². The summed E-state index contributed by atoms with van der Waals surface area (Å²) in [4.78, 5) is 15.8. The number of nitrogens with zero attached hydrogens (tertiary/aromatic N) is 1. The highest BCUT2D eigenvalue weighted by Crippen LogP contribution is 2.11. The first-order valence-corrected chi connectivity index (χ1v) is 6.61. The maximum atomic E-state index is 11.7. The lowest BCUT2D eigenvalue weighted by Gasteiger charge is -2.14. The Morgan fingerprint density at radius 2 is 2.17 bits per heavy atom. The Kier molecular flexibility index (Phi) is 4.30. The summed E-state index contributed by atoms with van der Waals surface area (Å²) in [6, 6.07) is 9.90.